The summed E-state index contributed by atoms with van der Waals surface area (Å²) in [6.07, 6.45) is -0.494. The maximum Gasteiger partial charge on any atom is 0.330 e. The first-order valence-electron chi connectivity index (χ1n) is 6.10. The molecule has 4 atom stereocenters. The molecule has 0 amide bonds. The van der Waals surface area contributed by atoms with Crippen LogP contribution in [0.3, 0.4) is 0 Å². The standard InChI is InChI=1S/C12H16N2O6/c1-2-3-6-4-14(12(19)13-10(6)18)11-9(17)8(16)7(5-15)20-11/h2-4,7-9,11,15-17H,5H2,1H3,(H,13,18,19)/b3-2-/t7-,8-,9+,11?/m1/s1. The van der Waals surface area contributed by atoms with Gasteiger partial charge in [-0.2, -0.15) is 0 Å². The molecule has 8 nitrogen and oxygen atoms in total. The van der Waals surface area contributed by atoms with Crippen molar-refractivity contribution >= 4 is 6.08 Å². The molecule has 0 spiro atoms. The highest BCUT2D eigenvalue weighted by molar-refractivity contribution is 5.45. The van der Waals surface area contributed by atoms with Gasteiger partial charge in [0.1, 0.15) is 18.3 Å². The fourth-order valence-corrected chi connectivity index (χ4v) is 2.10. The van der Waals surface area contributed by atoms with Gasteiger partial charge in [0.05, 0.1) is 12.2 Å². The van der Waals surface area contributed by atoms with Gasteiger partial charge in [-0.1, -0.05) is 12.2 Å². The predicted octanol–water partition coefficient (Wildman–Crippen LogP) is -1.82. The minimum Gasteiger partial charge on any atom is -0.394 e. The lowest BCUT2D eigenvalue weighted by Gasteiger charge is -2.17. The van der Waals surface area contributed by atoms with Gasteiger partial charge in [-0.15, -0.1) is 0 Å². The van der Waals surface area contributed by atoms with Gasteiger partial charge < -0.3 is 20.1 Å². The molecule has 1 fully saturated rings. The molecule has 0 bridgehead atoms. The number of hydrogen-bond donors (Lipinski definition) is 4. The van der Waals surface area contributed by atoms with E-state index < -0.39 is 42.4 Å². The average Bonchev–Trinajstić information content (AvgIpc) is 2.70. The summed E-state index contributed by atoms with van der Waals surface area (Å²) in [5.41, 5.74) is -1.11. The molecule has 2 heterocycles. The summed E-state index contributed by atoms with van der Waals surface area (Å²) in [5.74, 6) is 0. The number of aromatic amines is 1. The van der Waals surface area contributed by atoms with Crippen molar-refractivity contribution in [1.29, 1.82) is 0 Å². The van der Waals surface area contributed by atoms with Crippen LogP contribution in [-0.4, -0.2) is 49.8 Å². The number of ether oxygens (including phenoxy) is 1. The van der Waals surface area contributed by atoms with Crippen molar-refractivity contribution in [3.8, 4) is 0 Å². The Kier molecular flexibility index (Phi) is 4.19. The van der Waals surface area contributed by atoms with Crippen LogP contribution in [0.5, 0.6) is 0 Å². The minimum absolute atomic E-state index is 0.213. The second kappa shape index (κ2) is 5.71. The van der Waals surface area contributed by atoms with Crippen LogP contribution in [0.4, 0.5) is 0 Å². The summed E-state index contributed by atoms with van der Waals surface area (Å²) >= 11 is 0. The first-order valence-corrected chi connectivity index (χ1v) is 6.10. The van der Waals surface area contributed by atoms with Gasteiger partial charge >= 0.3 is 5.69 Å². The Balaban J connectivity index is 2.46. The number of aliphatic hydroxyl groups excluding tert-OH is 3. The van der Waals surface area contributed by atoms with Crippen LogP contribution in [0.2, 0.25) is 0 Å². The van der Waals surface area contributed by atoms with Crippen LogP contribution in [0.25, 0.3) is 6.08 Å². The molecule has 8 heteroatoms. The van der Waals surface area contributed by atoms with E-state index in [1.165, 1.54) is 12.3 Å². The fraction of sp³-hybridized carbons (Fsp3) is 0.500. The van der Waals surface area contributed by atoms with Gasteiger partial charge in [-0.3, -0.25) is 14.3 Å². The summed E-state index contributed by atoms with van der Waals surface area (Å²) in [7, 11) is 0. The predicted molar refractivity (Wildman–Crippen MR) is 69.0 cm³/mol. The molecule has 1 aromatic rings. The summed E-state index contributed by atoms with van der Waals surface area (Å²) in [4.78, 5) is 25.4. The van der Waals surface area contributed by atoms with Crippen molar-refractivity contribution in [2.24, 2.45) is 0 Å². The molecule has 1 aromatic heterocycles. The Hall–Kier alpha value is -1.74. The van der Waals surface area contributed by atoms with Crippen molar-refractivity contribution in [2.75, 3.05) is 6.61 Å². The van der Waals surface area contributed by atoms with Gasteiger partial charge in [0.2, 0.25) is 0 Å². The van der Waals surface area contributed by atoms with Crippen LogP contribution in [0.1, 0.15) is 18.7 Å². The van der Waals surface area contributed by atoms with E-state index in [1.54, 1.807) is 13.0 Å². The topological polar surface area (TPSA) is 125 Å². The number of H-pyrrole nitrogens is 1. The van der Waals surface area contributed by atoms with Crippen LogP contribution in [0.15, 0.2) is 21.9 Å². The first kappa shape index (κ1) is 14.7. The van der Waals surface area contributed by atoms with Gasteiger partial charge in [0.25, 0.3) is 5.56 Å². The highest BCUT2D eigenvalue weighted by Gasteiger charge is 2.43. The molecule has 1 aliphatic rings. The molecular formula is C12H16N2O6. The summed E-state index contributed by atoms with van der Waals surface area (Å²) in [6, 6.07) is 0. The molecule has 1 saturated heterocycles. The highest BCUT2D eigenvalue weighted by Crippen LogP contribution is 2.27. The number of rotatable bonds is 3. The zero-order valence-corrected chi connectivity index (χ0v) is 10.8. The van der Waals surface area contributed by atoms with E-state index in [0.717, 1.165) is 4.57 Å². The number of hydrogen-bond acceptors (Lipinski definition) is 6. The lowest BCUT2D eigenvalue weighted by molar-refractivity contribution is -0.0550. The largest absolute Gasteiger partial charge is 0.394 e. The van der Waals surface area contributed by atoms with E-state index in [1.807, 2.05) is 0 Å². The van der Waals surface area contributed by atoms with Crippen LogP contribution in [-0.2, 0) is 4.74 Å². The number of nitrogens with zero attached hydrogens (tertiary/aromatic N) is 1. The van der Waals surface area contributed by atoms with E-state index in [2.05, 4.69) is 4.98 Å². The number of nitrogens with one attached hydrogen (secondary N) is 1. The van der Waals surface area contributed by atoms with Gasteiger partial charge in [0, 0.05) is 6.20 Å². The summed E-state index contributed by atoms with van der Waals surface area (Å²) < 4.78 is 6.23. The summed E-state index contributed by atoms with van der Waals surface area (Å²) in [5, 5.41) is 28.6. The van der Waals surface area contributed by atoms with Crippen LogP contribution >= 0.6 is 0 Å². The molecule has 4 N–H and O–H groups in total. The van der Waals surface area contributed by atoms with E-state index in [4.69, 9.17) is 9.84 Å². The Morgan fingerprint density at radius 3 is 2.65 bits per heavy atom. The number of aliphatic hydroxyl groups is 3. The monoisotopic (exact) mass is 284 g/mol. The third-order valence-electron chi connectivity index (χ3n) is 3.13. The smallest absolute Gasteiger partial charge is 0.330 e. The van der Waals surface area contributed by atoms with E-state index in [-0.39, 0.29) is 5.56 Å². The molecule has 110 valence electrons. The molecule has 0 saturated carbocycles. The Morgan fingerprint density at radius 2 is 2.10 bits per heavy atom. The maximum atomic E-state index is 11.8. The zero-order chi connectivity index (χ0) is 14.9. The molecule has 2 rings (SSSR count). The van der Waals surface area contributed by atoms with Crippen LogP contribution < -0.4 is 11.2 Å². The third kappa shape index (κ3) is 2.46. The zero-order valence-electron chi connectivity index (χ0n) is 10.8. The lowest BCUT2D eigenvalue weighted by Crippen LogP contribution is -2.38. The van der Waals surface area contributed by atoms with E-state index in [0.29, 0.717) is 0 Å². The second-order valence-electron chi connectivity index (χ2n) is 4.48. The highest BCUT2D eigenvalue weighted by atomic mass is 16.6. The maximum absolute atomic E-state index is 11.8. The number of aromatic nitrogens is 2. The average molecular weight is 284 g/mol. The lowest BCUT2D eigenvalue weighted by atomic mass is 10.1. The molecule has 1 aliphatic heterocycles. The molecular weight excluding hydrogens is 268 g/mol. The van der Waals surface area contributed by atoms with Crippen molar-refractivity contribution in [3.05, 3.63) is 38.7 Å². The van der Waals surface area contributed by atoms with Crippen molar-refractivity contribution in [3.63, 3.8) is 0 Å². The third-order valence-corrected chi connectivity index (χ3v) is 3.13. The van der Waals surface area contributed by atoms with Crippen molar-refractivity contribution < 1.29 is 20.1 Å². The van der Waals surface area contributed by atoms with Gasteiger partial charge in [0.15, 0.2) is 6.23 Å². The second-order valence-corrected chi connectivity index (χ2v) is 4.48. The first-order chi connectivity index (χ1) is 9.49. The van der Waals surface area contributed by atoms with Crippen molar-refractivity contribution in [1.82, 2.24) is 9.55 Å². The summed E-state index contributed by atoms with van der Waals surface area (Å²) in [6.45, 7) is 1.22. The van der Waals surface area contributed by atoms with Gasteiger partial charge in [-0.05, 0) is 6.92 Å². The quantitative estimate of drug-likeness (QED) is 0.518. The Morgan fingerprint density at radius 1 is 1.40 bits per heavy atom. The fourth-order valence-electron chi connectivity index (χ4n) is 2.10. The molecule has 0 aromatic carbocycles. The van der Waals surface area contributed by atoms with Gasteiger partial charge in [-0.25, -0.2) is 4.79 Å². The molecule has 0 radical (unpaired) electrons. The van der Waals surface area contributed by atoms with Crippen molar-refractivity contribution in [2.45, 2.75) is 31.5 Å². The molecule has 1 unspecified atom stereocenters. The number of allylic oxidation sites excluding steroid dienone is 1. The normalized spacial score (nSPS) is 30.2. The Bertz CT molecular complexity index is 619. The SMILES string of the molecule is C/C=C\c1cn(C2O[C@H](CO)[C@@H](O)[C@@H]2O)c(=O)[nH]c1=O. The Labute approximate surface area is 113 Å². The van der Waals surface area contributed by atoms with Crippen LogP contribution in [0, 0.1) is 0 Å². The van der Waals surface area contributed by atoms with E-state index >= 15 is 0 Å². The minimum atomic E-state index is -1.38. The molecule has 0 aliphatic carbocycles. The molecule has 20 heavy (non-hydrogen) atoms. The van der Waals surface area contributed by atoms with E-state index in [9.17, 15) is 19.8 Å².